The molecule has 4 nitrogen and oxygen atoms in total. The molecule has 14 heavy (non-hydrogen) atoms. The predicted molar refractivity (Wildman–Crippen MR) is 51.8 cm³/mol. The fourth-order valence-electron chi connectivity index (χ4n) is 0.974. The number of esters is 1. The van der Waals surface area contributed by atoms with Gasteiger partial charge >= 0.3 is 11.9 Å². The molecule has 0 heterocycles. The summed E-state index contributed by atoms with van der Waals surface area (Å²) in [7, 11) is 0. The normalized spacial score (nSPS) is 11.6. The van der Waals surface area contributed by atoms with Gasteiger partial charge in [0.2, 0.25) is 0 Å². The van der Waals surface area contributed by atoms with Crippen LogP contribution in [0.25, 0.3) is 0 Å². The maximum Gasteiger partial charge on any atom is 0.331 e. The first-order valence-corrected chi connectivity index (χ1v) is 4.58. The summed E-state index contributed by atoms with van der Waals surface area (Å²) >= 11 is 0. The van der Waals surface area contributed by atoms with Crippen LogP contribution in [0.3, 0.4) is 0 Å². The van der Waals surface area contributed by atoms with Gasteiger partial charge in [0, 0.05) is 11.6 Å². The Balaban J connectivity index is 4.47. The predicted octanol–water partition coefficient (Wildman–Crippen LogP) is 1.61. The van der Waals surface area contributed by atoms with E-state index >= 15 is 0 Å². The number of hydrogen-bond acceptors (Lipinski definition) is 3. The lowest BCUT2D eigenvalue weighted by Crippen LogP contribution is -2.08. The maximum atomic E-state index is 11.0. The molecular formula is C10H16O4. The molecule has 0 radical (unpaired) electrons. The van der Waals surface area contributed by atoms with Gasteiger partial charge in [-0.3, -0.25) is 0 Å². The quantitative estimate of drug-likeness (QED) is 0.541. The minimum Gasteiger partial charge on any atom is -0.478 e. The van der Waals surface area contributed by atoms with E-state index < -0.39 is 11.9 Å². The van der Waals surface area contributed by atoms with E-state index in [4.69, 9.17) is 5.11 Å². The molecule has 0 unspecified atom stereocenters. The maximum absolute atomic E-state index is 11.0. The summed E-state index contributed by atoms with van der Waals surface area (Å²) in [6.45, 7) is 5.71. The molecule has 0 amide bonds. The van der Waals surface area contributed by atoms with Crippen LogP contribution in [-0.2, 0) is 14.3 Å². The summed E-state index contributed by atoms with van der Waals surface area (Å²) < 4.78 is 4.63. The third-order valence-electron chi connectivity index (χ3n) is 1.48. The van der Waals surface area contributed by atoms with E-state index in [1.54, 1.807) is 6.92 Å². The fraction of sp³-hybridized carbons (Fsp3) is 0.600. The zero-order valence-electron chi connectivity index (χ0n) is 8.74. The van der Waals surface area contributed by atoms with Crippen LogP contribution in [0.2, 0.25) is 0 Å². The van der Waals surface area contributed by atoms with E-state index in [0.29, 0.717) is 6.42 Å². The Labute approximate surface area is 83.6 Å². The SMILES string of the molecule is CCOC(=O)C=C(CC(C)C)C(=O)O. The second-order valence-corrected chi connectivity index (χ2v) is 3.32. The van der Waals surface area contributed by atoms with E-state index in [9.17, 15) is 9.59 Å². The van der Waals surface area contributed by atoms with Gasteiger partial charge in [0.1, 0.15) is 0 Å². The van der Waals surface area contributed by atoms with Gasteiger partial charge in [-0.05, 0) is 19.3 Å². The minimum atomic E-state index is -1.06. The molecule has 0 aliphatic heterocycles. The molecule has 0 aliphatic carbocycles. The molecule has 0 aliphatic rings. The molecule has 0 aromatic rings. The van der Waals surface area contributed by atoms with Crippen molar-refractivity contribution in [3.8, 4) is 0 Å². The lowest BCUT2D eigenvalue weighted by atomic mass is 10.0. The molecule has 0 atom stereocenters. The molecular weight excluding hydrogens is 184 g/mol. The molecule has 0 fully saturated rings. The third-order valence-corrected chi connectivity index (χ3v) is 1.48. The molecule has 0 saturated carbocycles. The van der Waals surface area contributed by atoms with Crippen molar-refractivity contribution in [1.29, 1.82) is 0 Å². The number of rotatable bonds is 5. The number of hydrogen-bond donors (Lipinski definition) is 1. The van der Waals surface area contributed by atoms with Crippen LogP contribution < -0.4 is 0 Å². The highest BCUT2D eigenvalue weighted by Crippen LogP contribution is 2.10. The lowest BCUT2D eigenvalue weighted by Gasteiger charge is -2.05. The van der Waals surface area contributed by atoms with Crippen LogP contribution >= 0.6 is 0 Å². The number of carbonyl (C=O) groups excluding carboxylic acids is 1. The second-order valence-electron chi connectivity index (χ2n) is 3.32. The molecule has 1 N–H and O–H groups in total. The van der Waals surface area contributed by atoms with Crippen molar-refractivity contribution in [3.05, 3.63) is 11.6 Å². The summed E-state index contributed by atoms with van der Waals surface area (Å²) in [6.07, 6.45) is 1.42. The van der Waals surface area contributed by atoms with Crippen molar-refractivity contribution in [2.75, 3.05) is 6.61 Å². The molecule has 0 spiro atoms. The van der Waals surface area contributed by atoms with E-state index in [2.05, 4.69) is 4.74 Å². The second kappa shape index (κ2) is 6.18. The zero-order valence-corrected chi connectivity index (χ0v) is 8.74. The summed E-state index contributed by atoms with van der Waals surface area (Å²) in [5, 5.41) is 8.76. The molecule has 4 heteroatoms. The Hall–Kier alpha value is -1.32. The van der Waals surface area contributed by atoms with Gasteiger partial charge < -0.3 is 9.84 Å². The number of carboxylic acid groups (broad SMARTS) is 1. The van der Waals surface area contributed by atoms with E-state index in [-0.39, 0.29) is 18.1 Å². The fourth-order valence-corrected chi connectivity index (χ4v) is 0.974. The van der Waals surface area contributed by atoms with Crippen LogP contribution in [0.5, 0.6) is 0 Å². The molecule has 0 bridgehead atoms. The van der Waals surface area contributed by atoms with Crippen molar-refractivity contribution in [2.24, 2.45) is 5.92 Å². The van der Waals surface area contributed by atoms with Crippen LogP contribution in [0.15, 0.2) is 11.6 Å². The van der Waals surface area contributed by atoms with E-state index in [0.717, 1.165) is 6.08 Å². The Morgan fingerprint density at radius 1 is 1.43 bits per heavy atom. The topological polar surface area (TPSA) is 63.6 Å². The van der Waals surface area contributed by atoms with Crippen molar-refractivity contribution in [3.63, 3.8) is 0 Å². The van der Waals surface area contributed by atoms with Gasteiger partial charge in [-0.1, -0.05) is 13.8 Å². The van der Waals surface area contributed by atoms with Crippen LogP contribution in [0.4, 0.5) is 0 Å². The summed E-state index contributed by atoms with van der Waals surface area (Å²) in [4.78, 5) is 21.7. The minimum absolute atomic E-state index is 0.0958. The highest BCUT2D eigenvalue weighted by molar-refractivity contribution is 5.95. The molecule has 0 saturated heterocycles. The van der Waals surface area contributed by atoms with Crippen LogP contribution in [-0.4, -0.2) is 23.7 Å². The van der Waals surface area contributed by atoms with Gasteiger partial charge in [-0.2, -0.15) is 0 Å². The van der Waals surface area contributed by atoms with Crippen molar-refractivity contribution in [1.82, 2.24) is 0 Å². The Bertz CT molecular complexity index is 241. The van der Waals surface area contributed by atoms with E-state index in [1.165, 1.54) is 0 Å². The Morgan fingerprint density at radius 3 is 2.36 bits per heavy atom. The highest BCUT2D eigenvalue weighted by Gasteiger charge is 2.11. The first kappa shape index (κ1) is 12.7. The largest absolute Gasteiger partial charge is 0.478 e. The van der Waals surface area contributed by atoms with Crippen LogP contribution in [0, 0.1) is 5.92 Å². The number of carboxylic acids is 1. The zero-order chi connectivity index (χ0) is 11.1. The summed E-state index contributed by atoms with van der Waals surface area (Å²) in [6, 6.07) is 0. The molecule has 80 valence electrons. The van der Waals surface area contributed by atoms with Crippen molar-refractivity contribution >= 4 is 11.9 Å². The Morgan fingerprint density at radius 2 is 2.00 bits per heavy atom. The van der Waals surface area contributed by atoms with Gasteiger partial charge in [0.05, 0.1) is 6.61 Å². The molecule has 0 rings (SSSR count). The average Bonchev–Trinajstić information content (AvgIpc) is 2.02. The van der Waals surface area contributed by atoms with Crippen molar-refractivity contribution < 1.29 is 19.4 Å². The Kier molecular flexibility index (Phi) is 5.60. The van der Waals surface area contributed by atoms with Crippen LogP contribution in [0.1, 0.15) is 27.2 Å². The number of ether oxygens (including phenoxy) is 1. The third kappa shape index (κ3) is 5.35. The number of aliphatic carboxylic acids is 1. The molecule has 0 aromatic heterocycles. The average molecular weight is 200 g/mol. The smallest absolute Gasteiger partial charge is 0.331 e. The van der Waals surface area contributed by atoms with Gasteiger partial charge in [0.25, 0.3) is 0 Å². The monoisotopic (exact) mass is 200 g/mol. The van der Waals surface area contributed by atoms with Gasteiger partial charge in [-0.15, -0.1) is 0 Å². The first-order valence-electron chi connectivity index (χ1n) is 4.58. The van der Waals surface area contributed by atoms with Crippen molar-refractivity contribution in [2.45, 2.75) is 27.2 Å². The number of carbonyl (C=O) groups is 2. The van der Waals surface area contributed by atoms with Gasteiger partial charge in [0.15, 0.2) is 0 Å². The van der Waals surface area contributed by atoms with E-state index in [1.807, 2.05) is 13.8 Å². The molecule has 0 aromatic carbocycles. The standard InChI is InChI=1S/C10H16O4/c1-4-14-9(11)6-8(10(12)13)5-7(2)3/h6-7H,4-5H2,1-3H3,(H,12,13). The lowest BCUT2D eigenvalue weighted by molar-refractivity contribution is -0.138. The summed E-state index contributed by atoms with van der Waals surface area (Å²) in [5.74, 6) is -1.45. The highest BCUT2D eigenvalue weighted by atomic mass is 16.5. The summed E-state index contributed by atoms with van der Waals surface area (Å²) in [5.41, 5.74) is 0.0958. The van der Waals surface area contributed by atoms with Gasteiger partial charge in [-0.25, -0.2) is 9.59 Å². The first-order chi connectivity index (χ1) is 6.47.